The van der Waals surface area contributed by atoms with Gasteiger partial charge in [0.1, 0.15) is 0 Å². The lowest BCUT2D eigenvalue weighted by Gasteiger charge is -2.22. The van der Waals surface area contributed by atoms with Crippen LogP contribution >= 0.6 is 0 Å². The predicted octanol–water partition coefficient (Wildman–Crippen LogP) is 4.25. The second-order valence-corrected chi connectivity index (χ2v) is 7.49. The summed E-state index contributed by atoms with van der Waals surface area (Å²) in [6.45, 7) is 2.76. The molecular formula is C22H23F3N4O. The smallest absolute Gasteiger partial charge is 0.341 e. The number of aromatic nitrogens is 2. The number of amides is 1. The van der Waals surface area contributed by atoms with Crippen molar-refractivity contribution in [2.24, 2.45) is 0 Å². The molecule has 1 aliphatic heterocycles. The maximum absolute atomic E-state index is 12.7. The molecule has 1 aromatic heterocycles. The number of rotatable bonds is 4. The first-order valence-corrected chi connectivity index (χ1v) is 10.0. The minimum atomic E-state index is -4.34. The molecule has 0 aliphatic carbocycles. The molecule has 0 saturated carbocycles. The molecule has 5 nitrogen and oxygen atoms in total. The molecule has 4 rings (SSSR count). The Labute approximate surface area is 172 Å². The number of alkyl halides is 3. The number of imidazole rings is 1. The molecule has 0 unspecified atom stereocenters. The number of aryl methyl sites for hydroxylation is 1. The van der Waals surface area contributed by atoms with Crippen molar-refractivity contribution in [3.63, 3.8) is 0 Å². The van der Waals surface area contributed by atoms with Gasteiger partial charge in [0, 0.05) is 32.6 Å². The number of halogens is 3. The van der Waals surface area contributed by atoms with E-state index in [-0.39, 0.29) is 12.3 Å². The van der Waals surface area contributed by atoms with Crippen molar-refractivity contribution in [3.8, 4) is 0 Å². The van der Waals surface area contributed by atoms with Crippen molar-refractivity contribution >= 4 is 22.9 Å². The molecule has 0 spiro atoms. The third-order valence-corrected chi connectivity index (χ3v) is 5.43. The molecule has 1 fully saturated rings. The van der Waals surface area contributed by atoms with Crippen molar-refractivity contribution in [3.05, 3.63) is 59.7 Å². The van der Waals surface area contributed by atoms with Gasteiger partial charge in [0.25, 0.3) is 0 Å². The third kappa shape index (κ3) is 4.58. The van der Waals surface area contributed by atoms with Crippen LogP contribution in [0.4, 0.5) is 19.1 Å². The Morgan fingerprint density at radius 3 is 2.50 bits per heavy atom. The zero-order valence-electron chi connectivity index (χ0n) is 16.5. The van der Waals surface area contributed by atoms with Crippen LogP contribution in [0.2, 0.25) is 0 Å². The second-order valence-electron chi connectivity index (χ2n) is 7.49. The number of anilines is 1. The van der Waals surface area contributed by atoms with Gasteiger partial charge in [0.2, 0.25) is 11.9 Å². The number of carbonyl (C=O) groups excluding carboxylic acids is 1. The zero-order valence-corrected chi connectivity index (χ0v) is 16.5. The van der Waals surface area contributed by atoms with Crippen molar-refractivity contribution < 1.29 is 18.0 Å². The number of hydrogen-bond donors (Lipinski definition) is 1. The third-order valence-electron chi connectivity index (χ3n) is 5.43. The van der Waals surface area contributed by atoms with E-state index in [0.717, 1.165) is 47.6 Å². The van der Waals surface area contributed by atoms with Crippen LogP contribution < -0.4 is 4.90 Å². The number of hydrogen-bond acceptors (Lipinski definition) is 3. The second kappa shape index (κ2) is 8.38. The summed E-state index contributed by atoms with van der Waals surface area (Å²) < 4.78 is 38.0. The Hall–Kier alpha value is -3.03. The Morgan fingerprint density at radius 1 is 1.00 bits per heavy atom. The lowest BCUT2D eigenvalue weighted by Crippen LogP contribution is -2.35. The normalized spacial score (nSPS) is 15.4. The largest absolute Gasteiger partial charge is 0.416 e. The van der Waals surface area contributed by atoms with Crippen molar-refractivity contribution in [1.29, 1.82) is 0 Å². The first-order valence-electron chi connectivity index (χ1n) is 10.0. The first-order chi connectivity index (χ1) is 14.4. The van der Waals surface area contributed by atoms with E-state index < -0.39 is 11.7 Å². The number of aromatic amines is 1. The first kappa shape index (κ1) is 20.3. The van der Waals surface area contributed by atoms with Crippen LogP contribution in [0.15, 0.2) is 48.5 Å². The summed E-state index contributed by atoms with van der Waals surface area (Å²) in [5.74, 6) is 0.844. The lowest BCUT2D eigenvalue weighted by molar-refractivity contribution is -0.137. The highest BCUT2D eigenvalue weighted by atomic mass is 19.4. The van der Waals surface area contributed by atoms with Gasteiger partial charge in [-0.15, -0.1) is 0 Å². The van der Waals surface area contributed by atoms with Gasteiger partial charge in [0.15, 0.2) is 0 Å². The van der Waals surface area contributed by atoms with Gasteiger partial charge in [-0.25, -0.2) is 4.98 Å². The zero-order chi connectivity index (χ0) is 21.1. The summed E-state index contributed by atoms with van der Waals surface area (Å²) >= 11 is 0. The summed E-state index contributed by atoms with van der Waals surface area (Å²) in [6, 6.07) is 12.9. The van der Waals surface area contributed by atoms with Gasteiger partial charge < -0.3 is 14.8 Å². The summed E-state index contributed by atoms with van der Waals surface area (Å²) in [5, 5.41) is 0. The summed E-state index contributed by atoms with van der Waals surface area (Å²) in [4.78, 5) is 24.6. The molecule has 158 valence electrons. The van der Waals surface area contributed by atoms with Crippen LogP contribution in [0.5, 0.6) is 0 Å². The number of carbonyl (C=O) groups is 1. The van der Waals surface area contributed by atoms with Gasteiger partial charge >= 0.3 is 6.18 Å². The van der Waals surface area contributed by atoms with Gasteiger partial charge in [0.05, 0.1) is 16.6 Å². The van der Waals surface area contributed by atoms with E-state index in [1.165, 1.54) is 12.1 Å². The van der Waals surface area contributed by atoms with Crippen molar-refractivity contribution in [2.45, 2.75) is 25.4 Å². The van der Waals surface area contributed by atoms with Crippen LogP contribution in [-0.2, 0) is 17.4 Å². The Kier molecular flexibility index (Phi) is 5.65. The summed E-state index contributed by atoms with van der Waals surface area (Å²) in [5.41, 5.74) is 1.97. The Morgan fingerprint density at radius 2 is 1.77 bits per heavy atom. The van der Waals surface area contributed by atoms with Crippen LogP contribution in [0.25, 0.3) is 11.0 Å². The van der Waals surface area contributed by atoms with E-state index >= 15 is 0 Å². The van der Waals surface area contributed by atoms with E-state index in [1.54, 1.807) is 0 Å². The fourth-order valence-electron chi connectivity index (χ4n) is 3.74. The number of nitrogens with zero attached hydrogens (tertiary/aromatic N) is 3. The molecule has 0 radical (unpaired) electrons. The number of benzene rings is 2. The molecular weight excluding hydrogens is 393 g/mol. The van der Waals surface area contributed by atoms with E-state index in [4.69, 9.17) is 0 Å². The SMILES string of the molecule is O=C(CCc1ccc(C(F)(F)F)cc1)N1CCCN(c2nc3ccccc3[nH]2)CC1. The number of para-hydroxylation sites is 2. The molecule has 1 saturated heterocycles. The van der Waals surface area contributed by atoms with E-state index in [2.05, 4.69) is 14.9 Å². The molecule has 1 N–H and O–H groups in total. The summed E-state index contributed by atoms with van der Waals surface area (Å²) in [7, 11) is 0. The highest BCUT2D eigenvalue weighted by molar-refractivity contribution is 5.78. The molecule has 2 heterocycles. The number of fused-ring (bicyclic) bond motifs is 1. The van der Waals surface area contributed by atoms with Gasteiger partial charge in [-0.2, -0.15) is 13.2 Å². The van der Waals surface area contributed by atoms with Gasteiger partial charge in [-0.1, -0.05) is 24.3 Å². The quantitative estimate of drug-likeness (QED) is 0.692. The van der Waals surface area contributed by atoms with Crippen molar-refractivity contribution in [2.75, 3.05) is 31.1 Å². The number of H-pyrrole nitrogens is 1. The molecule has 30 heavy (non-hydrogen) atoms. The fraction of sp³-hybridized carbons (Fsp3) is 0.364. The van der Waals surface area contributed by atoms with Gasteiger partial charge in [-0.3, -0.25) is 4.79 Å². The monoisotopic (exact) mass is 416 g/mol. The fourth-order valence-corrected chi connectivity index (χ4v) is 3.74. The predicted molar refractivity (Wildman–Crippen MR) is 109 cm³/mol. The molecule has 3 aromatic rings. The topological polar surface area (TPSA) is 52.2 Å². The van der Waals surface area contributed by atoms with Crippen LogP contribution in [-0.4, -0.2) is 47.0 Å². The average molecular weight is 416 g/mol. The maximum Gasteiger partial charge on any atom is 0.416 e. The molecule has 0 bridgehead atoms. The minimum Gasteiger partial charge on any atom is -0.341 e. The molecule has 1 aliphatic rings. The standard InChI is InChI=1S/C22H23F3N4O/c23-22(24,25)17-9-6-16(7-10-17)8-11-20(30)28-12-3-13-29(15-14-28)21-26-18-4-1-2-5-19(18)27-21/h1-2,4-7,9-10H,3,8,11-15H2,(H,26,27). The van der Waals surface area contributed by atoms with E-state index in [0.29, 0.717) is 26.1 Å². The van der Waals surface area contributed by atoms with Crippen LogP contribution in [0.3, 0.4) is 0 Å². The lowest BCUT2D eigenvalue weighted by atomic mass is 10.1. The van der Waals surface area contributed by atoms with Crippen LogP contribution in [0.1, 0.15) is 24.0 Å². The molecule has 0 atom stereocenters. The maximum atomic E-state index is 12.7. The highest BCUT2D eigenvalue weighted by Crippen LogP contribution is 2.29. The van der Waals surface area contributed by atoms with Crippen molar-refractivity contribution in [1.82, 2.24) is 14.9 Å². The minimum absolute atomic E-state index is 0.0290. The van der Waals surface area contributed by atoms with Gasteiger partial charge in [-0.05, 0) is 42.7 Å². The molecule has 8 heteroatoms. The molecule has 1 amide bonds. The Bertz CT molecular complexity index is 980. The molecule has 2 aromatic carbocycles. The van der Waals surface area contributed by atoms with E-state index in [1.807, 2.05) is 29.2 Å². The van der Waals surface area contributed by atoms with E-state index in [9.17, 15) is 18.0 Å². The summed E-state index contributed by atoms with van der Waals surface area (Å²) in [6.07, 6.45) is -2.79. The average Bonchev–Trinajstić information content (AvgIpc) is 3.01. The highest BCUT2D eigenvalue weighted by Gasteiger charge is 2.30. The Balaban J connectivity index is 1.32. The number of nitrogens with one attached hydrogen (secondary N) is 1. The van der Waals surface area contributed by atoms with Crippen LogP contribution in [0, 0.1) is 0 Å².